The number of ether oxygens (including phenoxy) is 1. The van der Waals surface area contributed by atoms with Crippen molar-refractivity contribution in [2.45, 2.75) is 31.6 Å². The lowest BCUT2D eigenvalue weighted by molar-refractivity contribution is 0.156. The van der Waals surface area contributed by atoms with Gasteiger partial charge >= 0.3 is 0 Å². The van der Waals surface area contributed by atoms with Gasteiger partial charge in [0.25, 0.3) is 0 Å². The fourth-order valence-corrected chi connectivity index (χ4v) is 5.21. The Bertz CT molecular complexity index is 801. The Hall–Kier alpha value is -1.64. The molecule has 1 aromatic rings. The number of nitrogens with zero attached hydrogens (tertiary/aromatic N) is 2. The molecule has 0 aliphatic carbocycles. The first-order chi connectivity index (χ1) is 12.9. The highest BCUT2D eigenvalue weighted by atomic mass is 32.2. The molecule has 0 bridgehead atoms. The Morgan fingerprint density at radius 2 is 2.11 bits per heavy atom. The fraction of sp³-hybridized carbons (Fsp3) is 0.632. The zero-order valence-corrected chi connectivity index (χ0v) is 17.2. The van der Waals surface area contributed by atoms with Gasteiger partial charge in [0.2, 0.25) is 10.0 Å². The largest absolute Gasteiger partial charge is 0.381 e. The number of likely N-dealkylation sites (tertiary alicyclic amines) is 1. The Labute approximate surface area is 162 Å². The molecule has 1 atom stereocenters. The van der Waals surface area contributed by atoms with Gasteiger partial charge in [-0.05, 0) is 43.9 Å². The smallest absolute Gasteiger partial charge is 0.240 e. The molecule has 2 heterocycles. The molecule has 0 saturated carbocycles. The maximum Gasteiger partial charge on any atom is 0.240 e. The van der Waals surface area contributed by atoms with Gasteiger partial charge in [-0.1, -0.05) is 12.1 Å². The summed E-state index contributed by atoms with van der Waals surface area (Å²) in [7, 11) is -1.75. The van der Waals surface area contributed by atoms with Crippen molar-refractivity contribution in [1.82, 2.24) is 14.9 Å². The van der Waals surface area contributed by atoms with Crippen molar-refractivity contribution >= 4 is 16.0 Å². The molecule has 0 radical (unpaired) electrons. The molecule has 2 aliphatic heterocycles. The van der Waals surface area contributed by atoms with Crippen LogP contribution in [0.4, 0.5) is 0 Å². The molecule has 7 nitrogen and oxygen atoms in total. The molecule has 27 heavy (non-hydrogen) atoms. The van der Waals surface area contributed by atoms with E-state index in [0.29, 0.717) is 18.0 Å². The van der Waals surface area contributed by atoms with E-state index in [2.05, 4.69) is 19.9 Å². The van der Waals surface area contributed by atoms with Crippen LogP contribution in [0, 0.1) is 19.3 Å². The minimum absolute atomic E-state index is 0.266. The molecule has 2 N–H and O–H groups in total. The van der Waals surface area contributed by atoms with Gasteiger partial charge in [0.15, 0.2) is 5.96 Å². The highest BCUT2D eigenvalue weighted by Gasteiger charge is 2.42. The molecule has 0 aromatic heterocycles. The minimum atomic E-state index is -3.52. The first kappa shape index (κ1) is 20.1. The summed E-state index contributed by atoms with van der Waals surface area (Å²) in [6.45, 7) is 8.06. The third-order valence-electron chi connectivity index (χ3n) is 5.47. The maximum absolute atomic E-state index is 12.6. The van der Waals surface area contributed by atoms with Gasteiger partial charge in [0, 0.05) is 45.2 Å². The van der Waals surface area contributed by atoms with Gasteiger partial charge in [-0.15, -0.1) is 0 Å². The quantitative estimate of drug-likeness (QED) is 0.446. The van der Waals surface area contributed by atoms with E-state index in [1.54, 1.807) is 13.1 Å². The van der Waals surface area contributed by atoms with E-state index < -0.39 is 10.0 Å². The first-order valence-electron chi connectivity index (χ1n) is 9.46. The molecule has 2 fully saturated rings. The third-order valence-corrected chi connectivity index (χ3v) is 7.07. The lowest BCUT2D eigenvalue weighted by atomic mass is 9.87. The molecule has 2 aliphatic rings. The Balaban J connectivity index is 1.51. The van der Waals surface area contributed by atoms with Crippen LogP contribution in [-0.4, -0.2) is 65.7 Å². The van der Waals surface area contributed by atoms with Crippen LogP contribution in [0.25, 0.3) is 0 Å². The number of hydrogen-bond acceptors (Lipinski definition) is 4. The van der Waals surface area contributed by atoms with Crippen molar-refractivity contribution in [1.29, 1.82) is 0 Å². The van der Waals surface area contributed by atoms with Gasteiger partial charge in [0.1, 0.15) is 0 Å². The Morgan fingerprint density at radius 3 is 2.81 bits per heavy atom. The van der Waals surface area contributed by atoms with Gasteiger partial charge in [-0.2, -0.15) is 0 Å². The minimum Gasteiger partial charge on any atom is -0.381 e. The van der Waals surface area contributed by atoms with Crippen LogP contribution in [0.2, 0.25) is 0 Å². The van der Waals surface area contributed by atoms with E-state index in [1.165, 1.54) is 0 Å². The van der Waals surface area contributed by atoms with E-state index >= 15 is 0 Å². The SMILES string of the molecule is CN=C(NCCNS(=O)(=O)c1cc(C)ccc1C)N1CCC2(CCOC2)C1. The Morgan fingerprint density at radius 1 is 1.30 bits per heavy atom. The van der Waals surface area contributed by atoms with Crippen molar-refractivity contribution < 1.29 is 13.2 Å². The van der Waals surface area contributed by atoms with E-state index in [1.807, 2.05) is 26.0 Å². The fourth-order valence-electron chi connectivity index (χ4n) is 3.85. The monoisotopic (exact) mass is 394 g/mol. The number of rotatable bonds is 5. The molecule has 2 saturated heterocycles. The van der Waals surface area contributed by atoms with E-state index in [-0.39, 0.29) is 5.41 Å². The standard InChI is InChI=1S/C19H30N4O3S/c1-15-4-5-16(2)17(12-15)27(24,25)22-9-8-21-18(20-3)23-10-6-19(13-23)7-11-26-14-19/h4-5,12,22H,6-11,13-14H2,1-3H3,(H,20,21). The lowest BCUT2D eigenvalue weighted by Crippen LogP contribution is -2.44. The number of aryl methyl sites for hydroxylation is 2. The van der Waals surface area contributed by atoms with Crippen molar-refractivity contribution in [2.24, 2.45) is 10.4 Å². The Kier molecular flexibility index (Phi) is 6.08. The van der Waals surface area contributed by atoms with Crippen LogP contribution in [0.1, 0.15) is 24.0 Å². The summed E-state index contributed by atoms with van der Waals surface area (Å²) < 4.78 is 33.4. The molecule has 150 valence electrons. The zero-order chi connectivity index (χ0) is 19.5. The van der Waals surface area contributed by atoms with Gasteiger partial charge in [-0.3, -0.25) is 4.99 Å². The highest BCUT2D eigenvalue weighted by Crippen LogP contribution is 2.38. The number of sulfonamides is 1. The first-order valence-corrected chi connectivity index (χ1v) is 10.9. The van der Waals surface area contributed by atoms with Crippen LogP contribution >= 0.6 is 0 Å². The average molecular weight is 395 g/mol. The number of guanidine groups is 1. The van der Waals surface area contributed by atoms with Gasteiger partial charge in [0.05, 0.1) is 11.5 Å². The summed E-state index contributed by atoms with van der Waals surface area (Å²) in [6, 6.07) is 5.45. The van der Waals surface area contributed by atoms with E-state index in [9.17, 15) is 8.42 Å². The van der Waals surface area contributed by atoms with Crippen molar-refractivity contribution in [3.05, 3.63) is 29.3 Å². The van der Waals surface area contributed by atoms with Gasteiger partial charge in [-0.25, -0.2) is 13.1 Å². The van der Waals surface area contributed by atoms with E-state index in [4.69, 9.17) is 4.74 Å². The van der Waals surface area contributed by atoms with Crippen molar-refractivity contribution in [3.63, 3.8) is 0 Å². The summed E-state index contributed by atoms with van der Waals surface area (Å²) in [6.07, 6.45) is 2.23. The number of aliphatic imine (C=N–C) groups is 1. The second-order valence-electron chi connectivity index (χ2n) is 7.61. The maximum atomic E-state index is 12.6. The number of nitrogens with one attached hydrogen (secondary N) is 2. The average Bonchev–Trinajstić information content (AvgIpc) is 3.27. The second-order valence-corrected chi connectivity index (χ2v) is 9.35. The second kappa shape index (κ2) is 8.16. The number of benzene rings is 1. The summed E-state index contributed by atoms with van der Waals surface area (Å²) in [5, 5.41) is 3.28. The number of hydrogen-bond donors (Lipinski definition) is 2. The summed E-state index contributed by atoms with van der Waals surface area (Å²) in [5.41, 5.74) is 1.94. The predicted molar refractivity (Wildman–Crippen MR) is 107 cm³/mol. The summed E-state index contributed by atoms with van der Waals surface area (Å²) in [4.78, 5) is 6.94. The van der Waals surface area contributed by atoms with Gasteiger partial charge < -0.3 is 15.0 Å². The molecule has 0 amide bonds. The van der Waals surface area contributed by atoms with Crippen LogP contribution in [0.15, 0.2) is 28.1 Å². The van der Waals surface area contributed by atoms with Crippen LogP contribution in [0.5, 0.6) is 0 Å². The molecular weight excluding hydrogens is 364 g/mol. The van der Waals surface area contributed by atoms with Crippen molar-refractivity contribution in [2.75, 3.05) is 46.4 Å². The molecular formula is C19H30N4O3S. The summed E-state index contributed by atoms with van der Waals surface area (Å²) in [5.74, 6) is 0.824. The predicted octanol–water partition coefficient (Wildman–Crippen LogP) is 1.27. The van der Waals surface area contributed by atoms with Crippen LogP contribution in [0.3, 0.4) is 0 Å². The lowest BCUT2D eigenvalue weighted by Gasteiger charge is -2.25. The third kappa shape index (κ3) is 4.62. The molecule has 1 aromatic carbocycles. The van der Waals surface area contributed by atoms with Crippen LogP contribution in [-0.2, 0) is 14.8 Å². The molecule has 8 heteroatoms. The van der Waals surface area contributed by atoms with Crippen LogP contribution < -0.4 is 10.0 Å². The normalized spacial score (nSPS) is 23.4. The highest BCUT2D eigenvalue weighted by molar-refractivity contribution is 7.89. The van der Waals surface area contributed by atoms with Crippen molar-refractivity contribution in [3.8, 4) is 0 Å². The molecule has 1 spiro atoms. The molecule has 3 rings (SSSR count). The zero-order valence-electron chi connectivity index (χ0n) is 16.4. The molecule has 1 unspecified atom stereocenters. The topological polar surface area (TPSA) is 83.0 Å². The summed E-state index contributed by atoms with van der Waals surface area (Å²) >= 11 is 0. The van der Waals surface area contributed by atoms with E-state index in [0.717, 1.165) is 56.2 Å².